The zero-order valence-corrected chi connectivity index (χ0v) is 24.0. The summed E-state index contributed by atoms with van der Waals surface area (Å²) in [7, 11) is 0. The van der Waals surface area contributed by atoms with E-state index in [1.807, 2.05) is 67.6 Å². The van der Waals surface area contributed by atoms with E-state index in [1.165, 1.54) is 11.8 Å². The van der Waals surface area contributed by atoms with Crippen LogP contribution in [0.5, 0.6) is 0 Å². The average Bonchev–Trinajstić information content (AvgIpc) is 2.87. The predicted molar refractivity (Wildman–Crippen MR) is 155 cm³/mol. The number of nitrogens with zero attached hydrogens (tertiary/aromatic N) is 1. The van der Waals surface area contributed by atoms with Crippen molar-refractivity contribution in [2.24, 2.45) is 0 Å². The third-order valence-electron chi connectivity index (χ3n) is 5.58. The molecular formula is C28H29BrCl2N2O2S. The molecule has 3 aromatic rings. The fourth-order valence-corrected chi connectivity index (χ4v) is 5.28. The van der Waals surface area contributed by atoms with Gasteiger partial charge in [0.25, 0.3) is 0 Å². The molecule has 1 N–H and O–H groups in total. The van der Waals surface area contributed by atoms with Gasteiger partial charge >= 0.3 is 0 Å². The maximum Gasteiger partial charge on any atom is 0.243 e. The molecule has 3 rings (SSSR count). The Hall–Kier alpha value is -1.99. The molecule has 2 amide bonds. The summed E-state index contributed by atoms with van der Waals surface area (Å²) in [5.41, 5.74) is 2.86. The Balaban J connectivity index is 1.85. The summed E-state index contributed by atoms with van der Waals surface area (Å²) in [6.07, 6.45) is 1.22. The smallest absolute Gasteiger partial charge is 0.243 e. The second-order valence-electron chi connectivity index (χ2n) is 8.37. The number of carbonyl (C=O) groups is 2. The molecule has 36 heavy (non-hydrogen) atoms. The molecule has 0 unspecified atom stereocenters. The Morgan fingerprint density at radius 1 is 1.00 bits per heavy atom. The number of halogens is 3. The number of hydrogen-bond acceptors (Lipinski definition) is 3. The summed E-state index contributed by atoms with van der Waals surface area (Å²) in [4.78, 5) is 28.6. The van der Waals surface area contributed by atoms with Crippen LogP contribution in [0.2, 0.25) is 10.0 Å². The van der Waals surface area contributed by atoms with Crippen molar-refractivity contribution in [3.8, 4) is 0 Å². The van der Waals surface area contributed by atoms with Crippen LogP contribution in [0.25, 0.3) is 0 Å². The highest BCUT2D eigenvalue weighted by Gasteiger charge is 2.30. The summed E-state index contributed by atoms with van der Waals surface area (Å²) in [5, 5.41) is 3.98. The molecule has 0 aliphatic carbocycles. The van der Waals surface area contributed by atoms with Gasteiger partial charge in [0.15, 0.2) is 0 Å². The van der Waals surface area contributed by atoms with Gasteiger partial charge in [0.05, 0.1) is 5.75 Å². The minimum atomic E-state index is -0.675. The highest BCUT2D eigenvalue weighted by molar-refractivity contribution is 9.10. The molecule has 0 saturated carbocycles. The second-order valence-corrected chi connectivity index (χ2v) is 11.1. The Bertz CT molecular complexity index is 1150. The van der Waals surface area contributed by atoms with Crippen LogP contribution in [0.1, 0.15) is 30.0 Å². The topological polar surface area (TPSA) is 49.4 Å². The number of rotatable bonds is 12. The first kappa shape index (κ1) is 28.6. The molecule has 190 valence electrons. The highest BCUT2D eigenvalue weighted by atomic mass is 79.9. The molecule has 3 aromatic carbocycles. The number of amides is 2. The zero-order valence-electron chi connectivity index (χ0n) is 20.1. The highest BCUT2D eigenvalue weighted by Crippen LogP contribution is 2.25. The second kappa shape index (κ2) is 14.7. The van der Waals surface area contributed by atoms with Crippen LogP contribution in [-0.4, -0.2) is 35.1 Å². The van der Waals surface area contributed by atoms with Crippen LogP contribution in [0.15, 0.2) is 77.3 Å². The van der Waals surface area contributed by atoms with Crippen LogP contribution in [0, 0.1) is 0 Å². The van der Waals surface area contributed by atoms with E-state index in [1.54, 1.807) is 17.0 Å². The van der Waals surface area contributed by atoms with E-state index in [-0.39, 0.29) is 24.1 Å². The van der Waals surface area contributed by atoms with Gasteiger partial charge in [-0.15, -0.1) is 11.8 Å². The Labute approximate surface area is 235 Å². The van der Waals surface area contributed by atoms with Crippen LogP contribution in [0.3, 0.4) is 0 Å². The number of carbonyl (C=O) groups excluding carboxylic acids is 2. The van der Waals surface area contributed by atoms with Gasteiger partial charge in [0.2, 0.25) is 11.8 Å². The molecule has 0 aliphatic rings. The first-order chi connectivity index (χ1) is 17.4. The zero-order chi connectivity index (χ0) is 25.9. The van der Waals surface area contributed by atoms with Crippen molar-refractivity contribution < 1.29 is 9.59 Å². The molecule has 0 radical (unpaired) electrons. The molecule has 0 aromatic heterocycles. The Morgan fingerprint density at radius 3 is 2.39 bits per heavy atom. The number of thioether (sulfide) groups is 1. The van der Waals surface area contributed by atoms with Crippen molar-refractivity contribution >= 4 is 62.7 Å². The van der Waals surface area contributed by atoms with E-state index in [4.69, 9.17) is 23.2 Å². The molecule has 8 heteroatoms. The van der Waals surface area contributed by atoms with E-state index in [0.717, 1.165) is 27.6 Å². The molecule has 0 fully saturated rings. The molecule has 0 spiro atoms. The largest absolute Gasteiger partial charge is 0.354 e. The van der Waals surface area contributed by atoms with Crippen LogP contribution < -0.4 is 5.32 Å². The molecule has 0 aliphatic heterocycles. The summed E-state index contributed by atoms with van der Waals surface area (Å²) >= 11 is 17.5. The SMILES string of the molecule is CCCNC(=O)[C@H](Cc1ccccc1)N(Cc1ccc(Cl)cc1Cl)C(=O)CSCc1ccc(Br)cc1. The van der Waals surface area contributed by atoms with E-state index in [2.05, 4.69) is 21.2 Å². The van der Waals surface area contributed by atoms with Gasteiger partial charge in [-0.3, -0.25) is 9.59 Å². The van der Waals surface area contributed by atoms with Crippen LogP contribution in [-0.2, 0) is 28.3 Å². The van der Waals surface area contributed by atoms with Gasteiger partial charge in [-0.25, -0.2) is 0 Å². The van der Waals surface area contributed by atoms with Gasteiger partial charge in [0, 0.05) is 39.8 Å². The molecule has 0 saturated heterocycles. The van der Waals surface area contributed by atoms with Crippen LogP contribution in [0.4, 0.5) is 0 Å². The monoisotopic (exact) mass is 606 g/mol. The maximum absolute atomic E-state index is 13.6. The van der Waals surface area contributed by atoms with Crippen molar-refractivity contribution in [2.75, 3.05) is 12.3 Å². The number of benzene rings is 3. The summed E-state index contributed by atoms with van der Waals surface area (Å²) in [5.74, 6) is 0.654. The molecule has 0 heterocycles. The summed E-state index contributed by atoms with van der Waals surface area (Å²) in [6.45, 7) is 2.76. The van der Waals surface area contributed by atoms with Crippen molar-refractivity contribution in [3.05, 3.63) is 104 Å². The lowest BCUT2D eigenvalue weighted by molar-refractivity contribution is -0.139. The van der Waals surface area contributed by atoms with E-state index < -0.39 is 6.04 Å². The normalized spacial score (nSPS) is 11.7. The average molecular weight is 608 g/mol. The van der Waals surface area contributed by atoms with E-state index in [0.29, 0.717) is 28.8 Å². The van der Waals surface area contributed by atoms with Gasteiger partial charge in [-0.2, -0.15) is 0 Å². The summed E-state index contributed by atoms with van der Waals surface area (Å²) in [6, 6.07) is 22.3. The molecule has 4 nitrogen and oxygen atoms in total. The minimum Gasteiger partial charge on any atom is -0.354 e. The van der Waals surface area contributed by atoms with Gasteiger partial charge in [0.1, 0.15) is 6.04 Å². The van der Waals surface area contributed by atoms with Crippen molar-refractivity contribution in [3.63, 3.8) is 0 Å². The third kappa shape index (κ3) is 8.84. The first-order valence-corrected chi connectivity index (χ1v) is 14.4. The third-order valence-corrected chi connectivity index (χ3v) is 7.69. The molecule has 0 bridgehead atoms. The van der Waals surface area contributed by atoms with E-state index >= 15 is 0 Å². The lowest BCUT2D eigenvalue weighted by atomic mass is 10.0. The quantitative estimate of drug-likeness (QED) is 0.238. The number of nitrogens with one attached hydrogen (secondary N) is 1. The summed E-state index contributed by atoms with van der Waals surface area (Å²) < 4.78 is 1.01. The first-order valence-electron chi connectivity index (χ1n) is 11.7. The fraction of sp³-hybridized carbons (Fsp3) is 0.286. The molecular weight excluding hydrogens is 579 g/mol. The van der Waals surface area contributed by atoms with Gasteiger partial charge < -0.3 is 10.2 Å². The predicted octanol–water partition coefficient (Wildman–Crippen LogP) is 7.16. The number of hydrogen-bond donors (Lipinski definition) is 1. The van der Waals surface area contributed by atoms with Gasteiger partial charge in [-0.05, 0) is 47.4 Å². The van der Waals surface area contributed by atoms with Crippen molar-refractivity contribution in [1.29, 1.82) is 0 Å². The maximum atomic E-state index is 13.6. The Morgan fingerprint density at radius 2 is 1.72 bits per heavy atom. The lowest BCUT2D eigenvalue weighted by Crippen LogP contribution is -2.51. The van der Waals surface area contributed by atoms with Gasteiger partial charge in [-0.1, -0.05) is 94.6 Å². The minimum absolute atomic E-state index is 0.115. The standard InChI is InChI=1S/C28H29BrCl2N2O2S/c1-2-14-32-28(35)26(15-20-6-4-3-5-7-20)33(17-22-10-13-24(30)16-25(22)31)27(34)19-36-18-21-8-11-23(29)12-9-21/h3-13,16,26H,2,14-15,17-19H2,1H3,(H,32,35)/t26-/m0/s1. The molecule has 1 atom stereocenters. The Kier molecular flexibility index (Phi) is 11.6. The van der Waals surface area contributed by atoms with Crippen molar-refractivity contribution in [1.82, 2.24) is 10.2 Å². The van der Waals surface area contributed by atoms with Crippen LogP contribution >= 0.6 is 50.9 Å². The lowest BCUT2D eigenvalue weighted by Gasteiger charge is -2.32. The van der Waals surface area contributed by atoms with E-state index in [9.17, 15) is 9.59 Å². The van der Waals surface area contributed by atoms with Crippen molar-refractivity contribution in [2.45, 2.75) is 38.1 Å². The fourth-order valence-electron chi connectivity index (χ4n) is 3.67.